The number of tetrazole rings is 1. The van der Waals surface area contributed by atoms with E-state index in [0.29, 0.717) is 11.2 Å². The van der Waals surface area contributed by atoms with Crippen molar-refractivity contribution in [2.24, 2.45) is 0 Å². The summed E-state index contributed by atoms with van der Waals surface area (Å²) in [5.74, 6) is -0.340. The summed E-state index contributed by atoms with van der Waals surface area (Å²) in [6, 6.07) is 4.19. The third-order valence-electron chi connectivity index (χ3n) is 3.43. The molecule has 2 aromatic rings. The summed E-state index contributed by atoms with van der Waals surface area (Å²) < 4.78 is 1.72. The summed E-state index contributed by atoms with van der Waals surface area (Å²) in [5, 5.41) is 25.2. The largest absolute Gasteiger partial charge is 0.324 e. The Labute approximate surface area is 145 Å². The highest BCUT2D eigenvalue weighted by Gasteiger charge is 2.29. The number of non-ortho nitro benzene ring substituents is 1. The molecule has 3 rings (SSSR count). The zero-order chi connectivity index (χ0) is 17.3. The molecule has 1 N–H and O–H groups in total. The smallest absolute Gasteiger partial charge is 0.271 e. The Morgan fingerprint density at radius 3 is 2.96 bits per heavy atom. The SMILES string of the molecule is CC(Sc1nnnn1C1CC1)C(=O)Nc1cc([N+](=O)[O-])ccc1Cl. The highest BCUT2D eigenvalue weighted by molar-refractivity contribution is 8.00. The number of carbonyl (C=O) groups is 1. The Hall–Kier alpha value is -2.20. The Kier molecular flexibility index (Phi) is 4.67. The monoisotopic (exact) mass is 368 g/mol. The predicted octanol–water partition coefficient (Wildman–Crippen LogP) is 2.69. The van der Waals surface area contributed by atoms with Crippen LogP contribution in [0.4, 0.5) is 11.4 Å². The average Bonchev–Trinajstić information content (AvgIpc) is 3.29. The van der Waals surface area contributed by atoms with E-state index in [1.165, 1.54) is 30.0 Å². The fraction of sp³-hybridized carbons (Fsp3) is 0.385. The van der Waals surface area contributed by atoms with Crippen LogP contribution >= 0.6 is 23.4 Å². The number of halogens is 1. The molecule has 0 aliphatic heterocycles. The summed E-state index contributed by atoms with van der Waals surface area (Å²) >= 11 is 7.21. The number of carbonyl (C=O) groups excluding carboxylic acids is 1. The number of thioether (sulfide) groups is 1. The second kappa shape index (κ2) is 6.73. The summed E-state index contributed by atoms with van der Waals surface area (Å²) in [6.07, 6.45) is 2.06. The Morgan fingerprint density at radius 1 is 1.54 bits per heavy atom. The topological polar surface area (TPSA) is 116 Å². The van der Waals surface area contributed by atoms with Gasteiger partial charge in [-0.25, -0.2) is 4.68 Å². The van der Waals surface area contributed by atoms with E-state index in [0.717, 1.165) is 12.8 Å². The molecule has 1 atom stereocenters. The molecule has 0 saturated heterocycles. The predicted molar refractivity (Wildman–Crippen MR) is 88.1 cm³/mol. The van der Waals surface area contributed by atoms with E-state index in [2.05, 4.69) is 20.8 Å². The van der Waals surface area contributed by atoms with Crippen LogP contribution < -0.4 is 5.32 Å². The lowest BCUT2D eigenvalue weighted by Gasteiger charge is -2.12. The van der Waals surface area contributed by atoms with Crippen molar-refractivity contribution in [2.75, 3.05) is 5.32 Å². The third kappa shape index (κ3) is 3.65. The fourth-order valence-electron chi connectivity index (χ4n) is 1.98. The molecule has 0 spiro atoms. The van der Waals surface area contributed by atoms with Gasteiger partial charge in [0.25, 0.3) is 5.69 Å². The molecule has 11 heteroatoms. The first-order valence-corrected chi connectivity index (χ1v) is 8.41. The van der Waals surface area contributed by atoms with E-state index in [9.17, 15) is 14.9 Å². The molecule has 24 heavy (non-hydrogen) atoms. The Balaban J connectivity index is 1.69. The summed E-state index contributed by atoms with van der Waals surface area (Å²) in [5.41, 5.74) is 0.0535. The van der Waals surface area contributed by atoms with E-state index in [4.69, 9.17) is 11.6 Å². The van der Waals surface area contributed by atoms with Gasteiger partial charge in [0.15, 0.2) is 0 Å². The van der Waals surface area contributed by atoms with Gasteiger partial charge in [-0.1, -0.05) is 23.4 Å². The zero-order valence-electron chi connectivity index (χ0n) is 12.5. The molecular formula is C13H13ClN6O3S. The lowest BCUT2D eigenvalue weighted by Crippen LogP contribution is -2.23. The normalized spacial score (nSPS) is 15.1. The van der Waals surface area contributed by atoms with Crippen molar-refractivity contribution in [1.82, 2.24) is 20.2 Å². The molecule has 1 unspecified atom stereocenters. The number of aromatic nitrogens is 4. The first-order chi connectivity index (χ1) is 11.5. The molecule has 9 nitrogen and oxygen atoms in total. The van der Waals surface area contributed by atoms with Gasteiger partial charge >= 0.3 is 0 Å². The summed E-state index contributed by atoms with van der Waals surface area (Å²) in [6.45, 7) is 1.71. The van der Waals surface area contributed by atoms with E-state index < -0.39 is 10.2 Å². The number of hydrogen-bond acceptors (Lipinski definition) is 7. The highest BCUT2D eigenvalue weighted by atomic mass is 35.5. The molecule has 1 aromatic carbocycles. The molecule has 126 valence electrons. The van der Waals surface area contributed by atoms with Gasteiger partial charge in [-0.05, 0) is 36.3 Å². The van der Waals surface area contributed by atoms with Gasteiger partial charge < -0.3 is 5.32 Å². The van der Waals surface area contributed by atoms with Crippen LogP contribution in [0.3, 0.4) is 0 Å². The highest BCUT2D eigenvalue weighted by Crippen LogP contribution is 2.37. The fourth-order valence-corrected chi connectivity index (χ4v) is 3.00. The van der Waals surface area contributed by atoms with E-state index in [1.807, 2.05) is 0 Å². The number of anilines is 1. The first kappa shape index (κ1) is 16.7. The number of benzene rings is 1. The second-order valence-corrected chi connectivity index (χ2v) is 7.02. The average molecular weight is 369 g/mol. The van der Waals surface area contributed by atoms with E-state index in [-0.39, 0.29) is 22.3 Å². The number of nitro groups is 1. The van der Waals surface area contributed by atoms with Crippen LogP contribution in [0.2, 0.25) is 5.02 Å². The third-order valence-corrected chi connectivity index (χ3v) is 4.80. The summed E-state index contributed by atoms with van der Waals surface area (Å²) in [7, 11) is 0. The van der Waals surface area contributed by atoms with Crippen molar-refractivity contribution in [3.8, 4) is 0 Å². The van der Waals surface area contributed by atoms with E-state index in [1.54, 1.807) is 11.6 Å². The number of nitrogens with one attached hydrogen (secondary N) is 1. The molecular weight excluding hydrogens is 356 g/mol. The standard InChI is InChI=1S/C13H13ClN6O3S/c1-7(24-13-16-17-18-19(13)8-2-3-8)12(21)15-11-6-9(20(22)23)4-5-10(11)14/h4-8H,2-3H2,1H3,(H,15,21). The maximum atomic E-state index is 12.3. The van der Waals surface area contributed by atoms with Gasteiger partial charge in [-0.3, -0.25) is 14.9 Å². The number of nitrogens with zero attached hydrogens (tertiary/aromatic N) is 5. The van der Waals surface area contributed by atoms with Crippen LogP contribution in [-0.2, 0) is 4.79 Å². The van der Waals surface area contributed by atoms with Gasteiger partial charge in [0, 0.05) is 12.1 Å². The molecule has 0 radical (unpaired) electrons. The van der Waals surface area contributed by atoms with Gasteiger partial charge in [0.2, 0.25) is 11.1 Å². The molecule has 0 bridgehead atoms. The van der Waals surface area contributed by atoms with Gasteiger partial charge in [-0.2, -0.15) is 0 Å². The zero-order valence-corrected chi connectivity index (χ0v) is 14.1. The van der Waals surface area contributed by atoms with Crippen molar-refractivity contribution in [3.63, 3.8) is 0 Å². The van der Waals surface area contributed by atoms with Crippen LogP contribution in [0.15, 0.2) is 23.4 Å². The van der Waals surface area contributed by atoms with Crippen molar-refractivity contribution in [1.29, 1.82) is 0 Å². The van der Waals surface area contributed by atoms with Gasteiger partial charge in [0.1, 0.15) is 0 Å². The minimum absolute atomic E-state index is 0.146. The first-order valence-electron chi connectivity index (χ1n) is 7.15. The quantitative estimate of drug-likeness (QED) is 0.473. The maximum absolute atomic E-state index is 12.3. The number of hydrogen-bond donors (Lipinski definition) is 1. The Morgan fingerprint density at radius 2 is 2.29 bits per heavy atom. The van der Waals surface area contributed by atoms with Crippen LogP contribution in [0, 0.1) is 10.1 Å². The van der Waals surface area contributed by atoms with Crippen molar-refractivity contribution in [2.45, 2.75) is 36.2 Å². The molecule has 1 amide bonds. The molecule has 1 aliphatic carbocycles. The second-order valence-electron chi connectivity index (χ2n) is 5.31. The lowest BCUT2D eigenvalue weighted by molar-refractivity contribution is -0.384. The van der Waals surface area contributed by atoms with Gasteiger partial charge in [0.05, 0.1) is 26.9 Å². The van der Waals surface area contributed by atoms with Crippen molar-refractivity contribution < 1.29 is 9.72 Å². The number of amides is 1. The maximum Gasteiger partial charge on any atom is 0.271 e. The minimum Gasteiger partial charge on any atom is -0.324 e. The van der Waals surface area contributed by atoms with Crippen molar-refractivity contribution >= 4 is 40.6 Å². The summed E-state index contributed by atoms with van der Waals surface area (Å²) in [4.78, 5) is 22.6. The van der Waals surface area contributed by atoms with Crippen LogP contribution in [0.5, 0.6) is 0 Å². The van der Waals surface area contributed by atoms with Gasteiger partial charge in [-0.15, -0.1) is 5.10 Å². The molecule has 1 fully saturated rings. The molecule has 1 heterocycles. The molecule has 1 aliphatic rings. The van der Waals surface area contributed by atoms with E-state index >= 15 is 0 Å². The number of nitro benzene ring substituents is 1. The van der Waals surface area contributed by atoms with Crippen LogP contribution in [0.25, 0.3) is 0 Å². The number of rotatable bonds is 6. The molecule has 1 aromatic heterocycles. The lowest BCUT2D eigenvalue weighted by atomic mass is 10.2. The van der Waals surface area contributed by atoms with Crippen LogP contribution in [-0.4, -0.2) is 36.3 Å². The van der Waals surface area contributed by atoms with Crippen LogP contribution in [0.1, 0.15) is 25.8 Å². The molecule has 1 saturated carbocycles. The Bertz CT molecular complexity index is 794. The minimum atomic E-state index is -0.548. The van der Waals surface area contributed by atoms with Crippen molar-refractivity contribution in [3.05, 3.63) is 33.3 Å².